The standard InChI is InChI=1S/C11H16N2O2.BrH/c1-11(2,3)15-10(14)9(12)8-6-4-5-7-13-8;/h4-7,9H,12H2,1-3H3;1H. The predicted molar refractivity (Wildman–Crippen MR) is 67.3 cm³/mol. The lowest BCUT2D eigenvalue weighted by Crippen LogP contribution is -2.31. The fraction of sp³-hybridized carbons (Fsp3) is 0.455. The Labute approximate surface area is 106 Å². The van der Waals surface area contributed by atoms with Crippen LogP contribution in [0.25, 0.3) is 0 Å². The number of carbonyl (C=O) groups excluding carboxylic acids is 1. The zero-order chi connectivity index (χ0) is 11.5. The summed E-state index contributed by atoms with van der Waals surface area (Å²) in [6.07, 6.45) is 1.60. The van der Waals surface area contributed by atoms with Crippen molar-refractivity contribution in [2.75, 3.05) is 0 Å². The Hall–Kier alpha value is -0.940. The molecule has 1 atom stereocenters. The van der Waals surface area contributed by atoms with Crippen molar-refractivity contribution >= 4 is 23.0 Å². The molecule has 0 aliphatic rings. The van der Waals surface area contributed by atoms with Crippen LogP contribution in [0.2, 0.25) is 0 Å². The molecule has 1 heterocycles. The summed E-state index contributed by atoms with van der Waals surface area (Å²) in [5.74, 6) is -0.457. The number of pyridine rings is 1. The molecule has 1 rings (SSSR count). The van der Waals surface area contributed by atoms with Crippen LogP contribution in [0.3, 0.4) is 0 Å². The van der Waals surface area contributed by atoms with Crippen LogP contribution in [0, 0.1) is 0 Å². The number of hydrogen-bond acceptors (Lipinski definition) is 4. The van der Waals surface area contributed by atoms with Crippen molar-refractivity contribution in [1.29, 1.82) is 0 Å². The molecular formula is C11H17BrN2O2. The number of hydrogen-bond donors (Lipinski definition) is 1. The van der Waals surface area contributed by atoms with Gasteiger partial charge in [-0.3, -0.25) is 4.98 Å². The number of aromatic nitrogens is 1. The van der Waals surface area contributed by atoms with Crippen LogP contribution in [-0.4, -0.2) is 16.6 Å². The van der Waals surface area contributed by atoms with E-state index in [1.54, 1.807) is 45.2 Å². The van der Waals surface area contributed by atoms with Crippen LogP contribution in [0.1, 0.15) is 32.5 Å². The average Bonchev–Trinajstić information content (AvgIpc) is 2.15. The third kappa shape index (κ3) is 4.72. The molecule has 0 aliphatic carbocycles. The summed E-state index contributed by atoms with van der Waals surface area (Å²) < 4.78 is 5.15. The molecule has 0 aliphatic heterocycles. The molecular weight excluding hydrogens is 272 g/mol. The van der Waals surface area contributed by atoms with Gasteiger partial charge in [0.2, 0.25) is 0 Å². The quantitative estimate of drug-likeness (QED) is 0.846. The summed E-state index contributed by atoms with van der Waals surface area (Å²) in [5, 5.41) is 0. The highest BCUT2D eigenvalue weighted by atomic mass is 79.9. The van der Waals surface area contributed by atoms with Gasteiger partial charge in [-0.2, -0.15) is 0 Å². The molecule has 0 bridgehead atoms. The Morgan fingerprint density at radius 3 is 2.50 bits per heavy atom. The second-order valence-electron chi connectivity index (χ2n) is 4.27. The zero-order valence-corrected chi connectivity index (χ0v) is 11.3. The third-order valence-electron chi connectivity index (χ3n) is 1.67. The number of halogens is 1. The molecule has 4 nitrogen and oxygen atoms in total. The second-order valence-corrected chi connectivity index (χ2v) is 4.27. The molecule has 0 saturated carbocycles. The van der Waals surface area contributed by atoms with Gasteiger partial charge in [0.05, 0.1) is 5.69 Å². The number of esters is 1. The summed E-state index contributed by atoms with van der Waals surface area (Å²) in [5.41, 5.74) is 5.70. The van der Waals surface area contributed by atoms with Gasteiger partial charge < -0.3 is 10.5 Å². The molecule has 0 aromatic carbocycles. The molecule has 0 saturated heterocycles. The summed E-state index contributed by atoms with van der Waals surface area (Å²) >= 11 is 0. The number of nitrogens with zero attached hydrogens (tertiary/aromatic N) is 1. The highest BCUT2D eigenvalue weighted by molar-refractivity contribution is 8.93. The Kier molecular flexibility index (Phi) is 5.61. The van der Waals surface area contributed by atoms with Gasteiger partial charge in [0.25, 0.3) is 0 Å². The SMILES string of the molecule is Br.CC(C)(C)OC(=O)C(N)c1ccccn1. The van der Waals surface area contributed by atoms with Crippen molar-refractivity contribution in [1.82, 2.24) is 4.98 Å². The van der Waals surface area contributed by atoms with E-state index in [0.29, 0.717) is 5.69 Å². The topological polar surface area (TPSA) is 65.2 Å². The minimum absolute atomic E-state index is 0. The molecule has 0 radical (unpaired) electrons. The number of ether oxygens (including phenoxy) is 1. The maximum atomic E-state index is 11.6. The van der Waals surface area contributed by atoms with E-state index in [-0.39, 0.29) is 17.0 Å². The predicted octanol–water partition coefficient (Wildman–Crippen LogP) is 2.00. The van der Waals surface area contributed by atoms with E-state index >= 15 is 0 Å². The van der Waals surface area contributed by atoms with Crippen molar-refractivity contribution < 1.29 is 9.53 Å². The molecule has 1 aromatic rings. The van der Waals surface area contributed by atoms with Crippen LogP contribution in [-0.2, 0) is 9.53 Å². The molecule has 0 fully saturated rings. The van der Waals surface area contributed by atoms with E-state index in [4.69, 9.17) is 10.5 Å². The molecule has 1 aromatic heterocycles. The average molecular weight is 289 g/mol. The Balaban J connectivity index is 0.00000225. The number of carbonyl (C=O) groups is 1. The lowest BCUT2D eigenvalue weighted by atomic mass is 10.1. The summed E-state index contributed by atoms with van der Waals surface area (Å²) in [6.45, 7) is 5.40. The van der Waals surface area contributed by atoms with Crippen LogP contribution in [0.5, 0.6) is 0 Å². The second kappa shape index (κ2) is 5.96. The van der Waals surface area contributed by atoms with Crippen molar-refractivity contribution in [2.45, 2.75) is 32.4 Å². The summed E-state index contributed by atoms with van der Waals surface area (Å²) in [7, 11) is 0. The van der Waals surface area contributed by atoms with Gasteiger partial charge in [-0.15, -0.1) is 17.0 Å². The molecule has 5 heteroatoms. The summed E-state index contributed by atoms with van der Waals surface area (Å²) in [4.78, 5) is 15.6. The van der Waals surface area contributed by atoms with Gasteiger partial charge >= 0.3 is 5.97 Å². The Morgan fingerprint density at radius 1 is 1.44 bits per heavy atom. The smallest absolute Gasteiger partial charge is 0.329 e. The van der Waals surface area contributed by atoms with Gasteiger partial charge in [0, 0.05) is 6.20 Å². The van der Waals surface area contributed by atoms with Crippen LogP contribution in [0.4, 0.5) is 0 Å². The lowest BCUT2D eigenvalue weighted by molar-refractivity contribution is -0.156. The van der Waals surface area contributed by atoms with Gasteiger partial charge in [-0.1, -0.05) is 6.07 Å². The van der Waals surface area contributed by atoms with Crippen molar-refractivity contribution in [2.24, 2.45) is 5.73 Å². The first-order valence-corrected chi connectivity index (χ1v) is 4.79. The molecule has 90 valence electrons. The van der Waals surface area contributed by atoms with Crippen LogP contribution in [0.15, 0.2) is 24.4 Å². The molecule has 0 spiro atoms. The van der Waals surface area contributed by atoms with E-state index in [9.17, 15) is 4.79 Å². The fourth-order valence-electron chi connectivity index (χ4n) is 1.05. The van der Waals surface area contributed by atoms with E-state index in [1.165, 1.54) is 0 Å². The van der Waals surface area contributed by atoms with E-state index in [0.717, 1.165) is 0 Å². The Morgan fingerprint density at radius 2 is 2.06 bits per heavy atom. The van der Waals surface area contributed by atoms with Gasteiger partial charge in [-0.25, -0.2) is 4.79 Å². The highest BCUT2D eigenvalue weighted by Gasteiger charge is 2.23. The Bertz CT molecular complexity index is 336. The fourth-order valence-corrected chi connectivity index (χ4v) is 1.05. The number of nitrogens with two attached hydrogens (primary N) is 1. The van der Waals surface area contributed by atoms with Crippen LogP contribution < -0.4 is 5.73 Å². The first-order valence-electron chi connectivity index (χ1n) is 4.79. The maximum absolute atomic E-state index is 11.6. The van der Waals surface area contributed by atoms with E-state index in [2.05, 4.69) is 4.98 Å². The minimum atomic E-state index is -0.814. The largest absolute Gasteiger partial charge is 0.459 e. The van der Waals surface area contributed by atoms with E-state index in [1.807, 2.05) is 0 Å². The molecule has 16 heavy (non-hydrogen) atoms. The van der Waals surface area contributed by atoms with Gasteiger partial charge in [-0.05, 0) is 32.9 Å². The first kappa shape index (κ1) is 15.1. The van der Waals surface area contributed by atoms with Crippen LogP contribution >= 0.6 is 17.0 Å². The molecule has 0 amide bonds. The first-order chi connectivity index (χ1) is 6.90. The van der Waals surface area contributed by atoms with Crippen molar-refractivity contribution in [3.63, 3.8) is 0 Å². The maximum Gasteiger partial charge on any atom is 0.329 e. The summed E-state index contributed by atoms with van der Waals surface area (Å²) in [6, 6.07) is 4.44. The van der Waals surface area contributed by atoms with Crippen molar-refractivity contribution in [3.05, 3.63) is 30.1 Å². The highest BCUT2D eigenvalue weighted by Crippen LogP contribution is 2.14. The van der Waals surface area contributed by atoms with Gasteiger partial charge in [0.15, 0.2) is 0 Å². The molecule has 1 unspecified atom stereocenters. The monoisotopic (exact) mass is 288 g/mol. The van der Waals surface area contributed by atoms with E-state index < -0.39 is 17.6 Å². The lowest BCUT2D eigenvalue weighted by Gasteiger charge is -2.21. The minimum Gasteiger partial charge on any atom is -0.459 e. The third-order valence-corrected chi connectivity index (χ3v) is 1.67. The molecule has 2 N–H and O–H groups in total. The normalized spacial score (nSPS) is 12.5. The zero-order valence-electron chi connectivity index (χ0n) is 9.64. The van der Waals surface area contributed by atoms with Crippen molar-refractivity contribution in [3.8, 4) is 0 Å². The van der Waals surface area contributed by atoms with Gasteiger partial charge in [0.1, 0.15) is 11.6 Å². The number of rotatable bonds is 2.